The zero-order valence-corrected chi connectivity index (χ0v) is 16.6. The Morgan fingerprint density at radius 3 is 2.11 bits per heavy atom. The number of benzene rings is 2. The van der Waals surface area contributed by atoms with Crippen molar-refractivity contribution in [2.45, 2.75) is 36.7 Å². The van der Waals surface area contributed by atoms with Crippen LogP contribution in [0.4, 0.5) is 0 Å². The molecule has 28 heavy (non-hydrogen) atoms. The van der Waals surface area contributed by atoms with Crippen LogP contribution in [0.1, 0.15) is 35.4 Å². The minimum Gasteiger partial charge on any atom is -0.392 e. The molecule has 150 valence electrons. The molecule has 2 aromatic carbocycles. The summed E-state index contributed by atoms with van der Waals surface area (Å²) >= 11 is 0. The summed E-state index contributed by atoms with van der Waals surface area (Å²) in [6, 6.07) is 14.3. The van der Waals surface area contributed by atoms with Crippen molar-refractivity contribution in [3.8, 4) is 0 Å². The van der Waals surface area contributed by atoms with Crippen molar-refractivity contribution in [2.24, 2.45) is 5.14 Å². The Balaban J connectivity index is 1.48. The number of carbonyl (C=O) groups excluding carboxylic acids is 1. The molecule has 7 heteroatoms. The number of carbonyl (C=O) groups is 1. The molecule has 1 heterocycles. The molecule has 3 rings (SSSR count). The van der Waals surface area contributed by atoms with Gasteiger partial charge in [-0.2, -0.15) is 0 Å². The monoisotopic (exact) mass is 402 g/mol. The molecule has 0 atom stereocenters. The van der Waals surface area contributed by atoms with Crippen molar-refractivity contribution in [2.75, 3.05) is 19.6 Å². The van der Waals surface area contributed by atoms with E-state index in [4.69, 9.17) is 10.2 Å². The SMILES string of the molecule is NS(=O)(=O)c1ccc(CC(=O)CN2CCC(c3ccc(CO)cc3)CC2)cc1. The zero-order chi connectivity index (χ0) is 20.1. The van der Waals surface area contributed by atoms with Gasteiger partial charge < -0.3 is 5.11 Å². The second kappa shape index (κ2) is 8.96. The van der Waals surface area contributed by atoms with Gasteiger partial charge in [0.05, 0.1) is 18.0 Å². The number of hydrogen-bond donors (Lipinski definition) is 2. The summed E-state index contributed by atoms with van der Waals surface area (Å²) in [6.07, 6.45) is 2.30. The van der Waals surface area contributed by atoms with Crippen molar-refractivity contribution in [3.05, 3.63) is 65.2 Å². The number of primary sulfonamides is 1. The molecule has 0 spiro atoms. The van der Waals surface area contributed by atoms with Crippen LogP contribution in [-0.2, 0) is 27.8 Å². The topological polar surface area (TPSA) is 101 Å². The molecule has 0 saturated carbocycles. The van der Waals surface area contributed by atoms with Crippen LogP contribution in [-0.4, -0.2) is 43.8 Å². The lowest BCUT2D eigenvalue weighted by Gasteiger charge is -2.31. The molecular formula is C21H26N2O4S. The Labute approximate surface area is 166 Å². The first kappa shape index (κ1) is 20.7. The Kier molecular flexibility index (Phi) is 6.61. The van der Waals surface area contributed by atoms with Gasteiger partial charge in [0.15, 0.2) is 5.78 Å². The first-order valence-electron chi connectivity index (χ1n) is 9.40. The van der Waals surface area contributed by atoms with E-state index in [0.29, 0.717) is 12.5 Å². The van der Waals surface area contributed by atoms with Gasteiger partial charge in [0.1, 0.15) is 0 Å². The fourth-order valence-corrected chi connectivity index (χ4v) is 4.17. The molecule has 0 aromatic heterocycles. The van der Waals surface area contributed by atoms with Crippen molar-refractivity contribution in [1.29, 1.82) is 0 Å². The average molecular weight is 403 g/mol. The summed E-state index contributed by atoms with van der Waals surface area (Å²) in [5.74, 6) is 0.610. The smallest absolute Gasteiger partial charge is 0.238 e. The van der Waals surface area contributed by atoms with Crippen LogP contribution < -0.4 is 5.14 Å². The molecule has 1 aliphatic rings. The van der Waals surface area contributed by atoms with Gasteiger partial charge in [0.25, 0.3) is 0 Å². The van der Waals surface area contributed by atoms with Gasteiger partial charge in [-0.15, -0.1) is 0 Å². The van der Waals surface area contributed by atoms with Crippen molar-refractivity contribution in [3.63, 3.8) is 0 Å². The summed E-state index contributed by atoms with van der Waals surface area (Å²) in [5.41, 5.74) is 3.00. The number of sulfonamides is 1. The number of nitrogens with zero attached hydrogens (tertiary/aromatic N) is 1. The quantitative estimate of drug-likeness (QED) is 0.736. The van der Waals surface area contributed by atoms with Gasteiger partial charge in [-0.1, -0.05) is 36.4 Å². The maximum Gasteiger partial charge on any atom is 0.238 e. The maximum atomic E-state index is 12.4. The first-order chi connectivity index (χ1) is 13.3. The van der Waals surface area contributed by atoms with Gasteiger partial charge in [-0.25, -0.2) is 13.6 Å². The molecule has 0 bridgehead atoms. The number of ketones is 1. The van der Waals surface area contributed by atoms with Crippen molar-refractivity contribution >= 4 is 15.8 Å². The molecule has 6 nitrogen and oxygen atoms in total. The van der Waals surface area contributed by atoms with Gasteiger partial charge in [0.2, 0.25) is 10.0 Å². The molecule has 0 radical (unpaired) electrons. The zero-order valence-electron chi connectivity index (χ0n) is 15.8. The first-order valence-corrected chi connectivity index (χ1v) is 11.0. The lowest BCUT2D eigenvalue weighted by molar-refractivity contribution is -0.119. The van der Waals surface area contributed by atoms with Gasteiger partial charge >= 0.3 is 0 Å². The average Bonchev–Trinajstić information content (AvgIpc) is 2.68. The van der Waals surface area contributed by atoms with E-state index in [2.05, 4.69) is 17.0 Å². The summed E-state index contributed by atoms with van der Waals surface area (Å²) in [4.78, 5) is 14.6. The van der Waals surface area contributed by atoms with Crippen LogP contribution in [0.25, 0.3) is 0 Å². The van der Waals surface area contributed by atoms with Gasteiger partial charge in [0, 0.05) is 6.42 Å². The molecule has 0 amide bonds. The van der Waals surface area contributed by atoms with E-state index in [0.717, 1.165) is 37.1 Å². The van der Waals surface area contributed by atoms with E-state index in [1.165, 1.54) is 17.7 Å². The molecule has 1 fully saturated rings. The molecule has 2 aromatic rings. The molecular weight excluding hydrogens is 376 g/mol. The lowest BCUT2D eigenvalue weighted by atomic mass is 9.89. The van der Waals surface area contributed by atoms with Crippen LogP contribution in [0.3, 0.4) is 0 Å². The highest BCUT2D eigenvalue weighted by Gasteiger charge is 2.22. The summed E-state index contributed by atoms with van der Waals surface area (Å²) in [6.45, 7) is 2.23. The third kappa shape index (κ3) is 5.48. The Morgan fingerprint density at radius 1 is 1.00 bits per heavy atom. The molecule has 1 saturated heterocycles. The van der Waals surface area contributed by atoms with Crippen molar-refractivity contribution < 1.29 is 18.3 Å². The van der Waals surface area contributed by atoms with E-state index in [1.54, 1.807) is 12.1 Å². The highest BCUT2D eigenvalue weighted by molar-refractivity contribution is 7.89. The number of aliphatic hydroxyl groups excluding tert-OH is 1. The molecule has 1 aliphatic heterocycles. The Hall–Kier alpha value is -2.06. The number of likely N-dealkylation sites (tertiary alicyclic amines) is 1. The van der Waals surface area contributed by atoms with Crippen LogP contribution in [0, 0.1) is 0 Å². The fraction of sp³-hybridized carbons (Fsp3) is 0.381. The summed E-state index contributed by atoms with van der Waals surface area (Å²) < 4.78 is 22.6. The van der Waals surface area contributed by atoms with Gasteiger partial charge in [-0.3, -0.25) is 9.69 Å². The fourth-order valence-electron chi connectivity index (χ4n) is 3.65. The minimum absolute atomic E-state index is 0.0535. The minimum atomic E-state index is -3.71. The van der Waals surface area contributed by atoms with E-state index in [9.17, 15) is 13.2 Å². The van der Waals surface area contributed by atoms with E-state index in [-0.39, 0.29) is 23.7 Å². The van der Waals surface area contributed by atoms with Crippen LogP contribution in [0.2, 0.25) is 0 Å². The maximum absolute atomic E-state index is 12.4. The number of piperidine rings is 1. The number of hydrogen-bond acceptors (Lipinski definition) is 5. The van der Waals surface area contributed by atoms with Gasteiger partial charge in [-0.05, 0) is 60.7 Å². The molecule has 3 N–H and O–H groups in total. The normalized spacial score (nSPS) is 16.2. The van der Waals surface area contributed by atoms with Crippen LogP contribution >= 0.6 is 0 Å². The van der Waals surface area contributed by atoms with Crippen LogP contribution in [0.5, 0.6) is 0 Å². The number of nitrogens with two attached hydrogens (primary N) is 1. The highest BCUT2D eigenvalue weighted by atomic mass is 32.2. The van der Waals surface area contributed by atoms with E-state index >= 15 is 0 Å². The molecule has 0 aliphatic carbocycles. The van der Waals surface area contributed by atoms with E-state index in [1.807, 2.05) is 12.1 Å². The Morgan fingerprint density at radius 2 is 1.57 bits per heavy atom. The molecule has 0 unspecified atom stereocenters. The van der Waals surface area contributed by atoms with Crippen molar-refractivity contribution in [1.82, 2.24) is 4.90 Å². The predicted octanol–water partition coefficient (Wildman–Crippen LogP) is 1.82. The lowest BCUT2D eigenvalue weighted by Crippen LogP contribution is -2.37. The number of Topliss-reactive ketones (excluding diaryl/α,β-unsaturated/α-hetero) is 1. The highest BCUT2D eigenvalue weighted by Crippen LogP contribution is 2.28. The third-order valence-electron chi connectivity index (χ3n) is 5.27. The predicted molar refractivity (Wildman–Crippen MR) is 107 cm³/mol. The third-order valence-corrected chi connectivity index (χ3v) is 6.20. The second-order valence-corrected chi connectivity index (χ2v) is 8.92. The standard InChI is InChI=1S/C21H26N2O4S/c22-28(26,27)21-7-3-16(4-8-21)13-20(25)14-23-11-9-19(10-12-23)18-5-1-17(15-24)2-6-18/h1-8,19,24H,9-15H2,(H2,22,26,27). The number of rotatable bonds is 7. The summed E-state index contributed by atoms with van der Waals surface area (Å²) in [5, 5.41) is 14.2. The Bertz CT molecular complexity index is 900. The largest absolute Gasteiger partial charge is 0.392 e. The second-order valence-electron chi connectivity index (χ2n) is 7.35. The van der Waals surface area contributed by atoms with E-state index < -0.39 is 10.0 Å². The number of aliphatic hydroxyl groups is 1. The van der Waals surface area contributed by atoms with Crippen LogP contribution in [0.15, 0.2) is 53.4 Å². The summed E-state index contributed by atoms with van der Waals surface area (Å²) in [7, 11) is -3.71.